The molecule has 1 fully saturated rings. The van der Waals surface area contributed by atoms with E-state index in [0.29, 0.717) is 15.8 Å². The van der Waals surface area contributed by atoms with Crippen LogP contribution in [-0.4, -0.2) is 34.3 Å². The molecule has 1 amide bonds. The highest BCUT2D eigenvalue weighted by atomic mass is 35.5. The minimum Gasteiger partial charge on any atom is -0.375 e. The van der Waals surface area contributed by atoms with Gasteiger partial charge in [-0.3, -0.25) is 9.78 Å². The number of carbonyl (C=O) groups excluding carboxylic acids is 1. The fourth-order valence-corrected chi connectivity index (χ4v) is 5.77. The lowest BCUT2D eigenvalue weighted by atomic mass is 9.96. The van der Waals surface area contributed by atoms with E-state index in [4.69, 9.17) is 28.6 Å². The Morgan fingerprint density at radius 1 is 1.08 bits per heavy atom. The molecule has 7 nitrogen and oxygen atoms in total. The summed E-state index contributed by atoms with van der Waals surface area (Å²) < 4.78 is 7.18. The van der Waals surface area contributed by atoms with Crippen LogP contribution < -0.4 is 15.5 Å². The Morgan fingerprint density at radius 3 is 2.49 bits per heavy atom. The molecule has 2 N–H and O–H groups in total. The van der Waals surface area contributed by atoms with Crippen LogP contribution in [0.15, 0.2) is 72.9 Å². The van der Waals surface area contributed by atoms with Gasteiger partial charge in [0.25, 0.3) is 0 Å². The molecule has 200 valence electrons. The van der Waals surface area contributed by atoms with E-state index < -0.39 is 0 Å². The van der Waals surface area contributed by atoms with E-state index in [-0.39, 0.29) is 24.6 Å². The molecule has 4 aromatic rings. The first-order valence-corrected chi connectivity index (χ1v) is 13.4. The van der Waals surface area contributed by atoms with Gasteiger partial charge < -0.3 is 24.8 Å². The lowest BCUT2D eigenvalue weighted by Gasteiger charge is -2.28. The monoisotopic (exact) mass is 559 g/mol. The summed E-state index contributed by atoms with van der Waals surface area (Å²) in [6, 6.07) is 21.8. The van der Waals surface area contributed by atoms with Gasteiger partial charge in [-0.25, -0.2) is 0 Å². The highest BCUT2D eigenvalue weighted by Gasteiger charge is 2.42. The molecule has 0 aliphatic carbocycles. The molecular weight excluding hydrogens is 530 g/mol. The first kappa shape index (κ1) is 26.9. The van der Waals surface area contributed by atoms with Crippen LogP contribution in [0.3, 0.4) is 0 Å². The second-order valence-electron chi connectivity index (χ2n) is 9.64. The number of rotatable bonds is 7. The van der Waals surface area contributed by atoms with E-state index in [9.17, 15) is 4.79 Å². The van der Waals surface area contributed by atoms with Crippen LogP contribution in [0.4, 0.5) is 11.4 Å². The first-order valence-electron chi connectivity index (χ1n) is 12.6. The molecule has 3 heterocycles. The number of halogens is 1. The molecule has 1 aliphatic rings. The summed E-state index contributed by atoms with van der Waals surface area (Å²) in [6.07, 6.45) is 1.80. The van der Waals surface area contributed by atoms with Crippen molar-refractivity contribution in [3.63, 3.8) is 0 Å². The van der Waals surface area contributed by atoms with Gasteiger partial charge in [0.15, 0.2) is 5.11 Å². The Hall–Kier alpha value is -3.72. The average Bonchev–Trinajstić information content (AvgIpc) is 3.41. The summed E-state index contributed by atoms with van der Waals surface area (Å²) in [5.41, 5.74) is 7.90. The highest BCUT2D eigenvalue weighted by molar-refractivity contribution is 7.80. The number of carbonyl (C=O) groups is 1. The molecule has 0 spiro atoms. The molecule has 5 rings (SSSR count). The predicted molar refractivity (Wildman–Crippen MR) is 160 cm³/mol. The van der Waals surface area contributed by atoms with Crippen molar-refractivity contribution in [2.75, 3.05) is 23.9 Å². The topological polar surface area (TPSA) is 71.4 Å². The Kier molecular flexibility index (Phi) is 7.70. The largest absolute Gasteiger partial charge is 0.375 e. The summed E-state index contributed by atoms with van der Waals surface area (Å²) in [6.45, 7) is 6.29. The van der Waals surface area contributed by atoms with Gasteiger partial charge >= 0.3 is 0 Å². The van der Waals surface area contributed by atoms with Crippen LogP contribution in [0.1, 0.15) is 40.3 Å². The average molecular weight is 560 g/mol. The number of ether oxygens (including phenoxy) is 1. The summed E-state index contributed by atoms with van der Waals surface area (Å²) in [5, 5.41) is 7.27. The van der Waals surface area contributed by atoms with Gasteiger partial charge in [0, 0.05) is 36.1 Å². The Morgan fingerprint density at radius 2 is 1.82 bits per heavy atom. The summed E-state index contributed by atoms with van der Waals surface area (Å²) in [5.74, 6) is -0.276. The predicted octanol–water partition coefficient (Wildman–Crippen LogP) is 6.21. The first-order chi connectivity index (χ1) is 18.8. The maximum atomic E-state index is 12.1. The second kappa shape index (κ2) is 11.2. The van der Waals surface area contributed by atoms with Gasteiger partial charge in [0.1, 0.15) is 6.61 Å². The summed E-state index contributed by atoms with van der Waals surface area (Å²) in [7, 11) is 1.47. The maximum Gasteiger partial charge on any atom is 0.250 e. The third-order valence-electron chi connectivity index (χ3n) is 6.96. The van der Waals surface area contributed by atoms with Gasteiger partial charge in [-0.05, 0) is 87.1 Å². The molecule has 9 heteroatoms. The maximum absolute atomic E-state index is 12.1. The van der Waals surface area contributed by atoms with Crippen LogP contribution in [0, 0.1) is 20.8 Å². The smallest absolute Gasteiger partial charge is 0.250 e. The fraction of sp³-hybridized carbons (Fsp3) is 0.233. The van der Waals surface area contributed by atoms with Crippen molar-refractivity contribution in [3.8, 4) is 5.69 Å². The van der Waals surface area contributed by atoms with Gasteiger partial charge in [-0.1, -0.05) is 35.4 Å². The lowest BCUT2D eigenvalue weighted by Crippen LogP contribution is -2.29. The number of hydrogen-bond donors (Lipinski definition) is 2. The zero-order chi connectivity index (χ0) is 27.7. The zero-order valence-electron chi connectivity index (χ0n) is 22.2. The van der Waals surface area contributed by atoms with E-state index in [1.54, 1.807) is 12.3 Å². The molecule has 0 radical (unpaired) electrons. The third-order valence-corrected chi connectivity index (χ3v) is 7.59. The second-order valence-corrected chi connectivity index (χ2v) is 10.4. The van der Waals surface area contributed by atoms with Crippen molar-refractivity contribution in [2.24, 2.45) is 0 Å². The lowest BCUT2D eigenvalue weighted by molar-refractivity contribution is -0.119. The number of anilines is 2. The number of thiocarbonyl (C=S) groups is 1. The number of aryl methyl sites for hydroxylation is 2. The minimum atomic E-state index is -0.276. The number of aromatic nitrogens is 2. The van der Waals surface area contributed by atoms with Gasteiger partial charge in [0.2, 0.25) is 5.91 Å². The highest BCUT2D eigenvalue weighted by Crippen LogP contribution is 2.44. The Bertz CT molecular complexity index is 1520. The molecular formula is C30H30ClN5O2S. The fourth-order valence-electron chi connectivity index (χ4n) is 5.20. The molecule has 39 heavy (non-hydrogen) atoms. The van der Waals surface area contributed by atoms with E-state index >= 15 is 0 Å². The number of methoxy groups -OCH3 is 1. The molecule has 0 saturated carbocycles. The summed E-state index contributed by atoms with van der Waals surface area (Å²) >= 11 is 12.5. The molecule has 1 saturated heterocycles. The Balaban J connectivity index is 1.60. The van der Waals surface area contributed by atoms with E-state index in [1.807, 2.05) is 30.3 Å². The number of nitrogens with zero attached hydrogens (tertiary/aromatic N) is 3. The molecule has 0 unspecified atom stereocenters. The molecule has 1 aliphatic heterocycles. The Labute approximate surface area is 238 Å². The van der Waals surface area contributed by atoms with Crippen molar-refractivity contribution in [1.82, 2.24) is 14.9 Å². The third kappa shape index (κ3) is 5.28. The van der Waals surface area contributed by atoms with Crippen LogP contribution in [-0.2, 0) is 9.53 Å². The van der Waals surface area contributed by atoms with Gasteiger partial charge in [-0.15, -0.1) is 0 Å². The van der Waals surface area contributed by atoms with Crippen LogP contribution >= 0.6 is 23.8 Å². The standard InChI is InChI=1S/C30H30ClN5O2S/c1-18-8-10-21(11-9-18)35-19(2)15-23(20(35)3)29-28(26-7-5-6-14-32-26)34-30(39)36(29)22-12-13-25(24(31)16-22)33-27(37)17-38-4/h5-16,28-29H,17H2,1-4H3,(H,33,37)(H,34,39)/t28-,29-/m1/s1. The summed E-state index contributed by atoms with van der Waals surface area (Å²) in [4.78, 5) is 18.8. The van der Waals surface area contributed by atoms with E-state index in [1.165, 1.54) is 12.7 Å². The van der Waals surface area contributed by atoms with E-state index in [0.717, 1.165) is 34.0 Å². The van der Waals surface area contributed by atoms with E-state index in [2.05, 4.69) is 76.2 Å². The number of pyridine rings is 1. The number of hydrogen-bond acceptors (Lipinski definition) is 4. The van der Waals surface area contributed by atoms with Gasteiger partial charge in [-0.2, -0.15) is 0 Å². The zero-order valence-corrected chi connectivity index (χ0v) is 23.8. The SMILES string of the molecule is COCC(=O)Nc1ccc(N2C(=S)N[C@H](c3ccccn3)[C@H]2c2cc(C)n(-c3ccc(C)cc3)c2C)cc1Cl. The molecule has 2 aromatic carbocycles. The van der Waals surface area contributed by atoms with Crippen LogP contribution in [0.5, 0.6) is 0 Å². The van der Waals surface area contributed by atoms with Crippen molar-refractivity contribution in [3.05, 3.63) is 106 Å². The van der Waals surface area contributed by atoms with Crippen molar-refractivity contribution < 1.29 is 9.53 Å². The number of amides is 1. The number of benzene rings is 2. The van der Waals surface area contributed by atoms with Crippen LogP contribution in [0.25, 0.3) is 5.69 Å². The normalized spacial score (nSPS) is 16.8. The molecule has 2 atom stereocenters. The quantitative estimate of drug-likeness (QED) is 0.262. The van der Waals surface area contributed by atoms with Crippen molar-refractivity contribution in [1.29, 1.82) is 0 Å². The number of nitrogens with one attached hydrogen (secondary N) is 2. The minimum absolute atomic E-state index is 0.0529. The molecule has 2 aromatic heterocycles. The van der Waals surface area contributed by atoms with Crippen LogP contribution in [0.2, 0.25) is 5.02 Å². The molecule has 0 bridgehead atoms. The van der Waals surface area contributed by atoms with Gasteiger partial charge in [0.05, 0.1) is 28.5 Å². The van der Waals surface area contributed by atoms with Crippen molar-refractivity contribution in [2.45, 2.75) is 32.9 Å². The van der Waals surface area contributed by atoms with Crippen molar-refractivity contribution >= 4 is 46.2 Å².